The summed E-state index contributed by atoms with van der Waals surface area (Å²) in [7, 11) is 0. The molecular weight excluding hydrogens is 440 g/mol. The first kappa shape index (κ1) is 22.5. The molecule has 0 amide bonds. The second-order valence-corrected chi connectivity index (χ2v) is 8.53. The van der Waals surface area contributed by atoms with Gasteiger partial charge in [0.2, 0.25) is 0 Å². The van der Waals surface area contributed by atoms with Crippen molar-refractivity contribution in [1.29, 1.82) is 0 Å². The number of phenols is 1. The van der Waals surface area contributed by atoms with Gasteiger partial charge in [-0.2, -0.15) is 0 Å². The van der Waals surface area contributed by atoms with Crippen LogP contribution in [0.3, 0.4) is 0 Å². The van der Waals surface area contributed by atoms with Crippen molar-refractivity contribution in [2.45, 2.75) is 18.4 Å². The molecule has 0 fully saturated rings. The minimum atomic E-state index is -0.416. The maximum Gasteiger partial charge on any atom is 0.344 e. The Kier molecular flexibility index (Phi) is 6.66. The molecule has 35 heavy (non-hydrogen) atoms. The van der Waals surface area contributed by atoms with Gasteiger partial charge < -0.3 is 19.3 Å². The number of carbonyl (C=O) groups is 1. The van der Waals surface area contributed by atoms with E-state index in [1.807, 2.05) is 78.9 Å². The minimum absolute atomic E-state index is 0.0478. The number of benzene rings is 4. The van der Waals surface area contributed by atoms with Gasteiger partial charge in [0.15, 0.2) is 6.61 Å². The summed E-state index contributed by atoms with van der Waals surface area (Å²) >= 11 is 0. The van der Waals surface area contributed by atoms with Gasteiger partial charge >= 0.3 is 5.97 Å². The molecule has 0 saturated heterocycles. The largest absolute Gasteiger partial charge is 0.508 e. The molecule has 4 aromatic rings. The van der Waals surface area contributed by atoms with E-state index in [-0.39, 0.29) is 30.8 Å². The number of hydrogen-bond acceptors (Lipinski definition) is 5. The van der Waals surface area contributed by atoms with E-state index in [4.69, 9.17) is 14.2 Å². The fraction of sp³-hybridized carbons (Fsp3) is 0.167. The zero-order valence-electron chi connectivity index (χ0n) is 19.2. The van der Waals surface area contributed by atoms with E-state index in [1.165, 1.54) is 5.56 Å². The summed E-state index contributed by atoms with van der Waals surface area (Å²) in [4.78, 5) is 12.1. The number of aromatic hydroxyl groups is 1. The maximum absolute atomic E-state index is 12.1. The van der Waals surface area contributed by atoms with Crippen molar-refractivity contribution in [1.82, 2.24) is 0 Å². The van der Waals surface area contributed by atoms with E-state index in [1.54, 1.807) is 12.1 Å². The van der Waals surface area contributed by atoms with Gasteiger partial charge in [-0.1, -0.05) is 78.9 Å². The maximum atomic E-state index is 12.1. The van der Waals surface area contributed by atoms with Crippen molar-refractivity contribution in [2.24, 2.45) is 0 Å². The Balaban J connectivity index is 1.30. The summed E-state index contributed by atoms with van der Waals surface area (Å²) in [5.41, 5.74) is 4.26. The average Bonchev–Trinajstić information content (AvgIpc) is 2.91. The SMILES string of the molecule is O=C(COc1ccc([C@@H]2c3ccc(O)cc3OC[C@H]2c2ccccc2)cc1)OCc1ccccc1. The van der Waals surface area contributed by atoms with E-state index in [9.17, 15) is 9.90 Å². The Bertz CT molecular complexity index is 1270. The first-order valence-electron chi connectivity index (χ1n) is 11.6. The Morgan fingerprint density at radius 3 is 2.31 bits per heavy atom. The molecule has 0 aliphatic carbocycles. The lowest BCUT2D eigenvalue weighted by atomic mass is 9.76. The molecule has 1 aliphatic rings. The highest BCUT2D eigenvalue weighted by molar-refractivity contribution is 5.71. The van der Waals surface area contributed by atoms with Gasteiger partial charge in [0.1, 0.15) is 23.9 Å². The number of hydrogen-bond donors (Lipinski definition) is 1. The summed E-state index contributed by atoms with van der Waals surface area (Å²) in [5, 5.41) is 9.94. The summed E-state index contributed by atoms with van der Waals surface area (Å²) in [6.45, 7) is 0.580. The molecule has 176 valence electrons. The highest BCUT2D eigenvalue weighted by Gasteiger charge is 2.33. The van der Waals surface area contributed by atoms with Crippen LogP contribution in [0, 0.1) is 0 Å². The zero-order chi connectivity index (χ0) is 24.0. The standard InChI is InChI=1S/C30H26O5/c31-24-13-16-26-28(17-24)34-19-27(22-9-5-2-6-10-22)30(26)23-11-14-25(15-12-23)33-20-29(32)35-18-21-7-3-1-4-8-21/h1-17,27,30-31H,18-20H2/t27-,30+/m0/s1. The number of esters is 1. The molecule has 5 nitrogen and oxygen atoms in total. The number of phenolic OH excluding ortho intramolecular Hbond substituents is 1. The molecule has 4 aromatic carbocycles. The Hall–Kier alpha value is -4.25. The lowest BCUT2D eigenvalue weighted by Gasteiger charge is -2.34. The normalized spacial score (nSPS) is 16.6. The van der Waals surface area contributed by atoms with Gasteiger partial charge in [0.25, 0.3) is 0 Å². The highest BCUT2D eigenvalue weighted by Crippen LogP contribution is 2.47. The summed E-state index contributed by atoms with van der Waals surface area (Å²) in [6.07, 6.45) is 0. The Morgan fingerprint density at radius 2 is 1.57 bits per heavy atom. The molecule has 0 unspecified atom stereocenters. The highest BCUT2D eigenvalue weighted by atomic mass is 16.6. The predicted octanol–water partition coefficient (Wildman–Crippen LogP) is 5.82. The third-order valence-electron chi connectivity index (χ3n) is 6.22. The molecule has 0 bridgehead atoms. The topological polar surface area (TPSA) is 65.0 Å². The van der Waals surface area contributed by atoms with E-state index in [0.29, 0.717) is 18.1 Å². The summed E-state index contributed by atoms with van der Waals surface area (Å²) < 4.78 is 17.0. The van der Waals surface area contributed by atoms with Crippen molar-refractivity contribution in [3.8, 4) is 17.2 Å². The smallest absolute Gasteiger partial charge is 0.344 e. The number of fused-ring (bicyclic) bond motifs is 1. The van der Waals surface area contributed by atoms with Crippen LogP contribution in [0.1, 0.15) is 34.1 Å². The van der Waals surface area contributed by atoms with E-state index >= 15 is 0 Å². The van der Waals surface area contributed by atoms with Gasteiger partial charge in [-0.25, -0.2) is 4.79 Å². The third kappa shape index (κ3) is 5.30. The van der Waals surface area contributed by atoms with Crippen molar-refractivity contribution < 1.29 is 24.1 Å². The van der Waals surface area contributed by atoms with Crippen molar-refractivity contribution >= 4 is 5.97 Å². The summed E-state index contributed by atoms with van der Waals surface area (Å²) in [6, 6.07) is 32.9. The van der Waals surface area contributed by atoms with Gasteiger partial charge in [0, 0.05) is 23.5 Å². The van der Waals surface area contributed by atoms with Crippen LogP contribution in [-0.4, -0.2) is 24.3 Å². The molecule has 5 rings (SSSR count). The van der Waals surface area contributed by atoms with E-state index in [0.717, 1.165) is 16.7 Å². The fourth-order valence-electron chi connectivity index (χ4n) is 4.49. The third-order valence-corrected chi connectivity index (χ3v) is 6.22. The molecular formula is C30H26O5. The quantitative estimate of drug-likeness (QED) is 0.348. The molecule has 1 N–H and O–H groups in total. The van der Waals surface area contributed by atoms with Crippen LogP contribution in [-0.2, 0) is 16.1 Å². The first-order chi connectivity index (χ1) is 17.2. The number of ether oxygens (including phenoxy) is 3. The molecule has 1 heterocycles. The lowest BCUT2D eigenvalue weighted by Crippen LogP contribution is -2.25. The second kappa shape index (κ2) is 10.3. The van der Waals surface area contributed by atoms with E-state index < -0.39 is 5.97 Å². The van der Waals surface area contributed by atoms with Gasteiger partial charge in [-0.15, -0.1) is 0 Å². The predicted molar refractivity (Wildman–Crippen MR) is 133 cm³/mol. The molecule has 0 radical (unpaired) electrons. The van der Waals surface area contributed by atoms with Crippen molar-refractivity contribution in [2.75, 3.05) is 13.2 Å². The molecule has 1 aliphatic heterocycles. The van der Waals surface area contributed by atoms with Gasteiger partial charge in [0.05, 0.1) is 6.61 Å². The zero-order valence-corrected chi connectivity index (χ0v) is 19.2. The van der Waals surface area contributed by atoms with Crippen molar-refractivity contribution in [3.63, 3.8) is 0 Å². The fourth-order valence-corrected chi connectivity index (χ4v) is 4.49. The van der Waals surface area contributed by atoms with Crippen LogP contribution in [0.2, 0.25) is 0 Å². The van der Waals surface area contributed by atoms with Crippen LogP contribution in [0.25, 0.3) is 0 Å². The van der Waals surface area contributed by atoms with Crippen LogP contribution in [0.15, 0.2) is 103 Å². The van der Waals surface area contributed by atoms with Crippen LogP contribution < -0.4 is 9.47 Å². The first-order valence-corrected chi connectivity index (χ1v) is 11.6. The molecule has 0 saturated carbocycles. The molecule has 0 spiro atoms. The van der Waals surface area contributed by atoms with E-state index in [2.05, 4.69) is 12.1 Å². The monoisotopic (exact) mass is 466 g/mol. The van der Waals surface area contributed by atoms with Gasteiger partial charge in [-0.05, 0) is 34.9 Å². The van der Waals surface area contributed by atoms with Crippen LogP contribution in [0.4, 0.5) is 0 Å². The minimum Gasteiger partial charge on any atom is -0.508 e. The molecule has 2 atom stereocenters. The molecule has 0 aromatic heterocycles. The van der Waals surface area contributed by atoms with Crippen LogP contribution >= 0.6 is 0 Å². The second-order valence-electron chi connectivity index (χ2n) is 8.53. The number of carbonyl (C=O) groups excluding carboxylic acids is 1. The lowest BCUT2D eigenvalue weighted by molar-refractivity contribution is -0.147. The van der Waals surface area contributed by atoms with Crippen LogP contribution in [0.5, 0.6) is 17.2 Å². The summed E-state index contributed by atoms with van der Waals surface area (Å²) in [5.74, 6) is 1.23. The average molecular weight is 467 g/mol. The molecule has 5 heteroatoms. The number of rotatable bonds is 7. The van der Waals surface area contributed by atoms with Gasteiger partial charge in [-0.3, -0.25) is 0 Å². The van der Waals surface area contributed by atoms with Crippen molar-refractivity contribution in [3.05, 3.63) is 125 Å². The Labute approximate surface area is 204 Å². The Morgan fingerprint density at radius 1 is 0.857 bits per heavy atom.